The molecule has 1 aliphatic carbocycles. The number of halogens is 1. The lowest BCUT2D eigenvalue weighted by atomic mass is 9.94. The van der Waals surface area contributed by atoms with Gasteiger partial charge in [-0.1, -0.05) is 0 Å². The summed E-state index contributed by atoms with van der Waals surface area (Å²) >= 11 is 0. The number of aromatic nitrogens is 5. The number of aryl methyl sites for hydroxylation is 2. The quantitative estimate of drug-likeness (QED) is 0.475. The standard InChI is InChI=1S/C26H27FN6O/c1-14-20-11-18(27)6-7-19(20)25-17(13-32(2)31-25)9-21-24(16-10-23(34-14)26(28)29-12-16)22(33(3)30-21)8-15-4-5-15/h6-7,10-15H,4-5,8-9H2,1-3H3,(H2,28,29)/t14-/m1/s1. The Morgan fingerprint density at radius 3 is 2.79 bits per heavy atom. The van der Waals surface area contributed by atoms with Crippen molar-refractivity contribution in [1.82, 2.24) is 24.5 Å². The van der Waals surface area contributed by atoms with E-state index in [1.807, 2.05) is 38.0 Å². The summed E-state index contributed by atoms with van der Waals surface area (Å²) in [4.78, 5) is 4.45. The highest BCUT2D eigenvalue weighted by Gasteiger charge is 2.29. The fraction of sp³-hybridized carbons (Fsp3) is 0.346. The Bertz CT molecular complexity index is 1420. The van der Waals surface area contributed by atoms with Gasteiger partial charge < -0.3 is 10.5 Å². The molecule has 1 aliphatic heterocycles. The maximum Gasteiger partial charge on any atom is 0.166 e. The average molecular weight is 459 g/mol. The van der Waals surface area contributed by atoms with Gasteiger partial charge in [-0.2, -0.15) is 10.2 Å². The lowest BCUT2D eigenvalue weighted by Gasteiger charge is -2.20. The van der Waals surface area contributed by atoms with Crippen LogP contribution in [0.15, 0.2) is 36.7 Å². The van der Waals surface area contributed by atoms with E-state index in [9.17, 15) is 4.39 Å². The van der Waals surface area contributed by atoms with E-state index in [-0.39, 0.29) is 5.82 Å². The van der Waals surface area contributed by atoms with E-state index in [1.165, 1.54) is 30.7 Å². The van der Waals surface area contributed by atoms with Crippen molar-refractivity contribution >= 4 is 5.82 Å². The molecule has 3 aromatic heterocycles. The largest absolute Gasteiger partial charge is 0.482 e. The molecule has 0 radical (unpaired) electrons. The van der Waals surface area contributed by atoms with Crippen LogP contribution in [0.25, 0.3) is 22.4 Å². The van der Waals surface area contributed by atoms with Crippen molar-refractivity contribution in [2.45, 2.75) is 38.7 Å². The third-order valence-corrected chi connectivity index (χ3v) is 6.86. The minimum absolute atomic E-state index is 0.304. The molecule has 1 fully saturated rings. The van der Waals surface area contributed by atoms with Gasteiger partial charge >= 0.3 is 0 Å². The van der Waals surface area contributed by atoms with Crippen molar-refractivity contribution in [3.8, 4) is 28.1 Å². The number of fused-ring (bicyclic) bond motifs is 7. The van der Waals surface area contributed by atoms with Gasteiger partial charge in [0.25, 0.3) is 0 Å². The predicted molar refractivity (Wildman–Crippen MR) is 128 cm³/mol. The number of nitrogen functional groups attached to an aromatic ring is 1. The third kappa shape index (κ3) is 3.54. The molecule has 0 saturated heterocycles. The first-order valence-electron chi connectivity index (χ1n) is 11.7. The predicted octanol–water partition coefficient (Wildman–Crippen LogP) is 4.60. The summed E-state index contributed by atoms with van der Waals surface area (Å²) in [6, 6.07) is 6.70. The summed E-state index contributed by atoms with van der Waals surface area (Å²) in [5, 5.41) is 9.71. The molecule has 6 rings (SSSR count). The number of rotatable bonds is 2. The van der Waals surface area contributed by atoms with E-state index in [0.717, 1.165) is 40.1 Å². The normalized spacial score (nSPS) is 17.1. The summed E-state index contributed by atoms with van der Waals surface area (Å²) in [5.41, 5.74) is 13.8. The van der Waals surface area contributed by atoms with Gasteiger partial charge in [-0.15, -0.1) is 0 Å². The van der Waals surface area contributed by atoms with Crippen molar-refractivity contribution in [3.05, 3.63) is 65.0 Å². The fourth-order valence-electron chi connectivity index (χ4n) is 5.01. The molecule has 2 N–H and O–H groups in total. The van der Waals surface area contributed by atoms with E-state index in [2.05, 4.69) is 4.98 Å². The number of hydrogen-bond acceptors (Lipinski definition) is 5. The first-order valence-corrected chi connectivity index (χ1v) is 11.7. The van der Waals surface area contributed by atoms with Crippen LogP contribution in [0.1, 0.15) is 48.4 Å². The zero-order valence-electron chi connectivity index (χ0n) is 19.5. The summed E-state index contributed by atoms with van der Waals surface area (Å²) in [7, 11) is 3.91. The molecule has 0 spiro atoms. The molecule has 8 heteroatoms. The van der Waals surface area contributed by atoms with Gasteiger partial charge in [-0.3, -0.25) is 9.36 Å². The highest BCUT2D eigenvalue weighted by molar-refractivity contribution is 5.74. The third-order valence-electron chi connectivity index (χ3n) is 6.86. The van der Waals surface area contributed by atoms with Crippen LogP contribution in [0.2, 0.25) is 0 Å². The zero-order valence-corrected chi connectivity index (χ0v) is 19.5. The highest BCUT2D eigenvalue weighted by atomic mass is 19.1. The Morgan fingerprint density at radius 2 is 2.00 bits per heavy atom. The number of hydrogen-bond donors (Lipinski definition) is 1. The first kappa shape index (κ1) is 20.9. The van der Waals surface area contributed by atoms with Crippen molar-refractivity contribution in [2.75, 3.05) is 5.73 Å². The van der Waals surface area contributed by atoms with Gasteiger partial charge in [0.1, 0.15) is 11.9 Å². The molecular weight excluding hydrogens is 431 g/mol. The van der Waals surface area contributed by atoms with Gasteiger partial charge in [0.2, 0.25) is 0 Å². The van der Waals surface area contributed by atoms with Crippen molar-refractivity contribution < 1.29 is 9.13 Å². The van der Waals surface area contributed by atoms with Crippen LogP contribution in [-0.2, 0) is 26.9 Å². The van der Waals surface area contributed by atoms with Gasteiger partial charge in [-0.25, -0.2) is 9.37 Å². The Kier molecular flexibility index (Phi) is 4.72. The summed E-state index contributed by atoms with van der Waals surface area (Å²) in [5.74, 6) is 1.16. The molecule has 2 bridgehead atoms. The second kappa shape index (κ2) is 7.68. The van der Waals surface area contributed by atoms with E-state index in [0.29, 0.717) is 29.5 Å². The second-order valence-electron chi connectivity index (χ2n) is 9.49. The van der Waals surface area contributed by atoms with Crippen LogP contribution in [0.5, 0.6) is 5.75 Å². The van der Waals surface area contributed by atoms with E-state index >= 15 is 0 Å². The summed E-state index contributed by atoms with van der Waals surface area (Å²) in [6.45, 7) is 1.90. The monoisotopic (exact) mass is 458 g/mol. The maximum absolute atomic E-state index is 14.3. The molecule has 1 atom stereocenters. The molecule has 34 heavy (non-hydrogen) atoms. The van der Waals surface area contributed by atoms with Gasteiger partial charge in [0, 0.05) is 66.4 Å². The molecule has 4 aromatic rings. The minimum atomic E-state index is -0.460. The molecule has 1 aromatic carbocycles. The number of nitrogens with two attached hydrogens (primary N) is 1. The van der Waals surface area contributed by atoms with Crippen LogP contribution < -0.4 is 10.5 Å². The van der Waals surface area contributed by atoms with Crippen LogP contribution in [0.4, 0.5) is 10.2 Å². The Balaban J connectivity index is 1.62. The number of ether oxygens (including phenoxy) is 1. The SMILES string of the molecule is C[C@H]1Oc2cc(cnc2N)-c2c(nn(C)c2CC2CC2)Cc2cn(C)nc2-c2ccc(F)cc21. The Hall–Kier alpha value is -3.68. The van der Waals surface area contributed by atoms with Gasteiger partial charge in [0.15, 0.2) is 11.6 Å². The molecule has 4 heterocycles. The van der Waals surface area contributed by atoms with Crippen LogP contribution >= 0.6 is 0 Å². The zero-order chi connectivity index (χ0) is 23.6. The Morgan fingerprint density at radius 1 is 1.18 bits per heavy atom. The van der Waals surface area contributed by atoms with Gasteiger partial charge in [0.05, 0.1) is 11.4 Å². The number of anilines is 1. The lowest BCUT2D eigenvalue weighted by Crippen LogP contribution is -2.09. The topological polar surface area (TPSA) is 83.8 Å². The van der Waals surface area contributed by atoms with Crippen molar-refractivity contribution in [2.24, 2.45) is 20.0 Å². The van der Waals surface area contributed by atoms with Crippen LogP contribution in [-0.4, -0.2) is 24.5 Å². The summed E-state index contributed by atoms with van der Waals surface area (Å²) in [6.07, 6.45) is 7.45. The number of pyridine rings is 1. The first-order chi connectivity index (χ1) is 16.4. The molecule has 1 saturated carbocycles. The Labute approximate surface area is 197 Å². The van der Waals surface area contributed by atoms with E-state index in [4.69, 9.17) is 20.7 Å². The molecular formula is C26H27FN6O. The molecule has 0 amide bonds. The van der Waals surface area contributed by atoms with Gasteiger partial charge in [-0.05, 0) is 56.4 Å². The molecule has 2 aliphatic rings. The van der Waals surface area contributed by atoms with E-state index in [1.54, 1.807) is 16.9 Å². The number of nitrogens with zero attached hydrogens (tertiary/aromatic N) is 5. The number of benzene rings is 1. The molecule has 0 unspecified atom stereocenters. The van der Waals surface area contributed by atoms with E-state index < -0.39 is 6.10 Å². The summed E-state index contributed by atoms with van der Waals surface area (Å²) < 4.78 is 24.4. The smallest absolute Gasteiger partial charge is 0.166 e. The lowest BCUT2D eigenvalue weighted by molar-refractivity contribution is 0.227. The minimum Gasteiger partial charge on any atom is -0.482 e. The van der Waals surface area contributed by atoms with Crippen molar-refractivity contribution in [1.29, 1.82) is 0 Å². The van der Waals surface area contributed by atoms with Crippen LogP contribution in [0, 0.1) is 11.7 Å². The van der Waals surface area contributed by atoms with Crippen LogP contribution in [0.3, 0.4) is 0 Å². The average Bonchev–Trinajstić information content (AvgIpc) is 3.47. The maximum atomic E-state index is 14.3. The van der Waals surface area contributed by atoms with Crippen molar-refractivity contribution in [3.63, 3.8) is 0 Å². The fourth-order valence-corrected chi connectivity index (χ4v) is 5.01. The molecule has 7 nitrogen and oxygen atoms in total. The highest BCUT2D eigenvalue weighted by Crippen LogP contribution is 2.41. The molecule has 174 valence electrons. The second-order valence-corrected chi connectivity index (χ2v) is 9.49.